The lowest BCUT2D eigenvalue weighted by Crippen LogP contribution is -2.56. The van der Waals surface area contributed by atoms with Gasteiger partial charge < -0.3 is 10.0 Å². The first kappa shape index (κ1) is 18.2. The van der Waals surface area contributed by atoms with Crippen molar-refractivity contribution < 1.29 is 19.5 Å². The minimum Gasteiger partial charge on any atom is -0.480 e. The second-order valence-corrected chi connectivity index (χ2v) is 6.97. The molecule has 1 N–H and O–H groups in total. The van der Waals surface area contributed by atoms with Crippen LogP contribution in [0.5, 0.6) is 0 Å². The quantitative estimate of drug-likeness (QED) is 0.900. The molecule has 1 heterocycles. The van der Waals surface area contributed by atoms with Crippen molar-refractivity contribution in [1.82, 2.24) is 9.80 Å². The van der Waals surface area contributed by atoms with Crippen molar-refractivity contribution >= 4 is 23.5 Å². The van der Waals surface area contributed by atoms with Gasteiger partial charge >= 0.3 is 5.97 Å². The van der Waals surface area contributed by atoms with Crippen LogP contribution in [-0.2, 0) is 14.4 Å². The molecule has 1 aromatic rings. The first-order valence-electron chi connectivity index (χ1n) is 9.08. The van der Waals surface area contributed by atoms with Crippen molar-refractivity contribution in [1.29, 1.82) is 0 Å². The van der Waals surface area contributed by atoms with Crippen LogP contribution in [0.1, 0.15) is 44.6 Å². The summed E-state index contributed by atoms with van der Waals surface area (Å²) in [6.45, 7) is 1.05. The van der Waals surface area contributed by atoms with Gasteiger partial charge in [-0.15, -0.1) is 0 Å². The molecule has 26 heavy (non-hydrogen) atoms. The highest BCUT2D eigenvalue weighted by Crippen LogP contribution is 2.35. The van der Waals surface area contributed by atoms with Crippen molar-refractivity contribution in [3.8, 4) is 0 Å². The van der Waals surface area contributed by atoms with Crippen LogP contribution in [0, 0.1) is 5.92 Å². The number of hydrogen-bond donors (Lipinski definition) is 1. The van der Waals surface area contributed by atoms with E-state index < -0.39 is 18.6 Å². The summed E-state index contributed by atoms with van der Waals surface area (Å²) in [7, 11) is 0. The minimum atomic E-state index is -1.07. The zero-order chi connectivity index (χ0) is 18.7. The number of nitrogens with zero attached hydrogens (tertiary/aromatic N) is 2. The van der Waals surface area contributed by atoms with Crippen LogP contribution < -0.4 is 0 Å². The Hall–Kier alpha value is -2.63. The summed E-state index contributed by atoms with van der Waals surface area (Å²) in [5.74, 6) is -1.49. The molecule has 6 nitrogen and oxygen atoms in total. The maximum absolute atomic E-state index is 13.3. The molecule has 0 spiro atoms. The molecule has 6 heteroatoms. The summed E-state index contributed by atoms with van der Waals surface area (Å²) in [6.07, 6.45) is 6.64. The first-order chi connectivity index (χ1) is 12.5. The van der Waals surface area contributed by atoms with Gasteiger partial charge in [0.05, 0.1) is 5.70 Å². The van der Waals surface area contributed by atoms with Crippen LogP contribution in [0.15, 0.2) is 36.5 Å². The molecule has 138 valence electrons. The summed E-state index contributed by atoms with van der Waals surface area (Å²) in [5, 5.41) is 9.32. The van der Waals surface area contributed by atoms with E-state index >= 15 is 0 Å². The summed E-state index contributed by atoms with van der Waals surface area (Å²) < 4.78 is 0. The van der Waals surface area contributed by atoms with Crippen LogP contribution in [0.2, 0.25) is 0 Å². The number of carbonyl (C=O) groups excluding carboxylic acids is 2. The third-order valence-corrected chi connectivity index (χ3v) is 5.19. The molecule has 1 fully saturated rings. The van der Waals surface area contributed by atoms with Gasteiger partial charge in [0, 0.05) is 13.1 Å². The van der Waals surface area contributed by atoms with E-state index in [2.05, 4.69) is 0 Å². The molecule has 0 saturated heterocycles. The zero-order valence-electron chi connectivity index (χ0n) is 14.9. The molecule has 1 atom stereocenters. The summed E-state index contributed by atoms with van der Waals surface area (Å²) in [6, 6.07) is 8.51. The van der Waals surface area contributed by atoms with E-state index in [1.54, 1.807) is 6.20 Å². The number of amides is 2. The van der Waals surface area contributed by atoms with Gasteiger partial charge in [-0.1, -0.05) is 49.6 Å². The van der Waals surface area contributed by atoms with Crippen LogP contribution in [0.25, 0.3) is 5.70 Å². The predicted molar refractivity (Wildman–Crippen MR) is 96.7 cm³/mol. The number of aliphatic carboxylic acids is 1. The highest BCUT2D eigenvalue weighted by molar-refractivity contribution is 5.98. The van der Waals surface area contributed by atoms with E-state index in [1.165, 1.54) is 16.7 Å². The van der Waals surface area contributed by atoms with Gasteiger partial charge in [0.1, 0.15) is 12.6 Å². The van der Waals surface area contributed by atoms with Crippen molar-refractivity contribution in [3.05, 3.63) is 42.1 Å². The van der Waals surface area contributed by atoms with Crippen LogP contribution in [-0.4, -0.2) is 45.3 Å². The molecule has 1 aliphatic carbocycles. The molecule has 1 aliphatic heterocycles. The Morgan fingerprint density at radius 1 is 1.12 bits per heavy atom. The molecule has 1 saturated carbocycles. The Bertz CT molecular complexity index is 723. The topological polar surface area (TPSA) is 77.9 Å². The predicted octanol–water partition coefficient (Wildman–Crippen LogP) is 2.71. The number of benzene rings is 1. The number of rotatable bonds is 4. The molecule has 2 amide bonds. The van der Waals surface area contributed by atoms with Gasteiger partial charge in [-0.2, -0.15) is 0 Å². The number of carbonyl (C=O) groups is 3. The second kappa shape index (κ2) is 7.72. The highest BCUT2D eigenvalue weighted by Gasteiger charge is 2.42. The lowest BCUT2D eigenvalue weighted by atomic mass is 9.81. The fourth-order valence-corrected chi connectivity index (χ4v) is 3.98. The fourth-order valence-electron chi connectivity index (χ4n) is 3.98. The summed E-state index contributed by atoms with van der Waals surface area (Å²) >= 11 is 0. The van der Waals surface area contributed by atoms with Crippen molar-refractivity contribution in [2.24, 2.45) is 5.92 Å². The van der Waals surface area contributed by atoms with Crippen LogP contribution >= 0.6 is 0 Å². The fraction of sp³-hybridized carbons (Fsp3) is 0.450. The van der Waals surface area contributed by atoms with Crippen LogP contribution in [0.4, 0.5) is 0 Å². The maximum atomic E-state index is 13.3. The normalized spacial score (nSPS) is 21.5. The van der Waals surface area contributed by atoms with Gasteiger partial charge in [-0.05, 0) is 24.3 Å². The van der Waals surface area contributed by atoms with E-state index in [-0.39, 0.29) is 17.7 Å². The van der Waals surface area contributed by atoms with Crippen molar-refractivity contribution in [2.75, 3.05) is 6.54 Å². The number of hydrogen-bond acceptors (Lipinski definition) is 3. The largest absolute Gasteiger partial charge is 0.480 e. The molecular formula is C20H24N2O4. The van der Waals surface area contributed by atoms with Gasteiger partial charge in [0.25, 0.3) is 5.91 Å². The minimum absolute atomic E-state index is 0.0741. The van der Waals surface area contributed by atoms with E-state index in [0.29, 0.717) is 5.70 Å². The SMILES string of the molecule is CC(=O)N1C=C(c2ccccc2)N(CC(=O)O)C(=O)[C@@H]1C1CCCCC1. The monoisotopic (exact) mass is 356 g/mol. The molecule has 2 aliphatic rings. The summed E-state index contributed by atoms with van der Waals surface area (Å²) in [4.78, 5) is 39.8. The zero-order valence-corrected chi connectivity index (χ0v) is 14.9. The molecule has 1 aromatic carbocycles. The molecule has 0 aromatic heterocycles. The Kier molecular flexibility index (Phi) is 5.40. The maximum Gasteiger partial charge on any atom is 0.323 e. The van der Waals surface area contributed by atoms with E-state index in [0.717, 1.165) is 37.7 Å². The van der Waals surface area contributed by atoms with Gasteiger partial charge in [0.2, 0.25) is 5.91 Å². The Balaban J connectivity index is 2.05. The molecule has 3 rings (SSSR count). The smallest absolute Gasteiger partial charge is 0.323 e. The number of carboxylic acids is 1. The highest BCUT2D eigenvalue weighted by atomic mass is 16.4. The van der Waals surface area contributed by atoms with E-state index in [9.17, 15) is 19.5 Å². The lowest BCUT2D eigenvalue weighted by molar-refractivity contribution is -0.148. The molecule has 0 bridgehead atoms. The second-order valence-electron chi connectivity index (χ2n) is 6.97. The van der Waals surface area contributed by atoms with Crippen molar-refractivity contribution in [2.45, 2.75) is 45.1 Å². The summed E-state index contributed by atoms with van der Waals surface area (Å²) in [5.41, 5.74) is 1.18. The van der Waals surface area contributed by atoms with Crippen molar-refractivity contribution in [3.63, 3.8) is 0 Å². The first-order valence-corrected chi connectivity index (χ1v) is 9.08. The van der Waals surface area contributed by atoms with E-state index in [1.807, 2.05) is 30.3 Å². The Labute approximate surface area is 153 Å². The average Bonchev–Trinajstić information content (AvgIpc) is 2.64. The molecule has 0 radical (unpaired) electrons. The third kappa shape index (κ3) is 3.64. The molecule has 0 unspecified atom stereocenters. The average molecular weight is 356 g/mol. The van der Waals surface area contributed by atoms with E-state index in [4.69, 9.17) is 0 Å². The molecular weight excluding hydrogens is 332 g/mol. The van der Waals surface area contributed by atoms with Gasteiger partial charge in [-0.3, -0.25) is 19.3 Å². The standard InChI is InChI=1S/C20H24N2O4/c1-14(23)21-12-17(15-8-4-2-5-9-15)22(13-18(24)25)20(26)19(21)16-10-6-3-7-11-16/h2,4-5,8-9,12,16,19H,3,6-7,10-11,13H2,1H3,(H,24,25)/t19-/m0/s1. The lowest BCUT2D eigenvalue weighted by Gasteiger charge is -2.42. The van der Waals surface area contributed by atoms with Gasteiger partial charge in [-0.25, -0.2) is 0 Å². The Morgan fingerprint density at radius 2 is 1.77 bits per heavy atom. The number of carboxylic acid groups (broad SMARTS) is 1. The third-order valence-electron chi connectivity index (χ3n) is 5.19. The van der Waals surface area contributed by atoms with Gasteiger partial charge in [0.15, 0.2) is 0 Å². The van der Waals surface area contributed by atoms with Crippen LogP contribution in [0.3, 0.4) is 0 Å². The Morgan fingerprint density at radius 3 is 2.35 bits per heavy atom.